The maximum atomic E-state index is 7.59. The second-order valence-corrected chi connectivity index (χ2v) is 6.03. The highest BCUT2D eigenvalue weighted by molar-refractivity contribution is 6.65. The molecular weight excluding hydrogens is 182 g/mol. The van der Waals surface area contributed by atoms with E-state index in [1.54, 1.807) is 0 Å². The van der Waals surface area contributed by atoms with E-state index in [4.69, 9.17) is 17.0 Å². The van der Waals surface area contributed by atoms with Crippen molar-refractivity contribution in [2.45, 2.75) is 40.0 Å². The number of rotatable bonds is 1. The van der Waals surface area contributed by atoms with Gasteiger partial charge in [-0.05, 0) is 36.5 Å². The Morgan fingerprint density at radius 1 is 1.31 bits per heavy atom. The third-order valence-corrected chi connectivity index (χ3v) is 4.95. The predicted molar refractivity (Wildman–Crippen MR) is 56.3 cm³/mol. The molecule has 2 saturated carbocycles. The molecule has 0 saturated heterocycles. The van der Waals surface area contributed by atoms with Gasteiger partial charge < -0.3 is 0 Å². The van der Waals surface area contributed by atoms with Gasteiger partial charge in [-0.25, -0.2) is 0 Å². The largest absolute Gasteiger partial charge is 0.293 e. The highest BCUT2D eigenvalue weighted by Gasteiger charge is 2.61. The Bertz CT molecular complexity index is 259. The average molecular weight is 200 g/mol. The molecule has 0 bridgehead atoms. The molecule has 0 spiro atoms. The van der Waals surface area contributed by atoms with E-state index >= 15 is 0 Å². The summed E-state index contributed by atoms with van der Waals surface area (Å²) in [5, 5.41) is 7.96. The molecule has 13 heavy (non-hydrogen) atoms. The van der Waals surface area contributed by atoms with Gasteiger partial charge >= 0.3 is 0 Å². The molecule has 0 amide bonds. The van der Waals surface area contributed by atoms with E-state index in [9.17, 15) is 0 Å². The monoisotopic (exact) mass is 199 g/mol. The lowest BCUT2D eigenvalue weighted by molar-refractivity contribution is 0.300. The molecule has 2 rings (SSSR count). The van der Waals surface area contributed by atoms with Crippen LogP contribution in [0, 0.1) is 28.1 Å². The molecule has 0 heterocycles. The van der Waals surface area contributed by atoms with Gasteiger partial charge in [0.05, 0.1) is 0 Å². The molecular formula is C11H18ClN. The molecule has 0 aromatic carbocycles. The predicted octanol–water partition coefficient (Wildman–Crippen LogP) is 3.66. The van der Waals surface area contributed by atoms with Crippen LogP contribution in [0.2, 0.25) is 0 Å². The van der Waals surface area contributed by atoms with Crippen molar-refractivity contribution < 1.29 is 0 Å². The highest BCUT2D eigenvalue weighted by atomic mass is 35.5. The first-order valence-electron chi connectivity index (χ1n) is 5.12. The first-order valence-corrected chi connectivity index (χ1v) is 5.50. The van der Waals surface area contributed by atoms with E-state index in [2.05, 4.69) is 20.8 Å². The van der Waals surface area contributed by atoms with Crippen LogP contribution in [-0.2, 0) is 0 Å². The Labute approximate surface area is 85.4 Å². The van der Waals surface area contributed by atoms with Crippen molar-refractivity contribution in [3.63, 3.8) is 0 Å². The quantitative estimate of drug-likeness (QED) is 0.624. The van der Waals surface area contributed by atoms with Crippen LogP contribution in [0.15, 0.2) is 0 Å². The minimum absolute atomic E-state index is 0.00348. The van der Waals surface area contributed by atoms with Crippen LogP contribution in [0.5, 0.6) is 0 Å². The fraction of sp³-hybridized carbons (Fsp3) is 0.909. The zero-order valence-electron chi connectivity index (χ0n) is 8.65. The molecule has 3 atom stereocenters. The lowest BCUT2D eigenvalue weighted by Gasteiger charge is -2.30. The maximum absolute atomic E-state index is 7.59. The van der Waals surface area contributed by atoms with Crippen LogP contribution in [0.1, 0.15) is 40.0 Å². The summed E-state index contributed by atoms with van der Waals surface area (Å²) < 4.78 is 0. The third-order valence-electron chi connectivity index (χ3n) is 4.50. The molecule has 2 aliphatic carbocycles. The molecule has 74 valence electrons. The Morgan fingerprint density at radius 3 is 2.38 bits per heavy atom. The van der Waals surface area contributed by atoms with Gasteiger partial charge in [-0.2, -0.15) is 0 Å². The minimum atomic E-state index is -0.00348. The number of halogens is 1. The van der Waals surface area contributed by atoms with Crippen molar-refractivity contribution in [2.75, 3.05) is 0 Å². The van der Waals surface area contributed by atoms with E-state index in [0.29, 0.717) is 10.6 Å². The van der Waals surface area contributed by atoms with E-state index < -0.39 is 0 Å². The fourth-order valence-electron chi connectivity index (χ4n) is 3.10. The topological polar surface area (TPSA) is 23.9 Å². The van der Waals surface area contributed by atoms with E-state index in [1.165, 1.54) is 6.42 Å². The Balaban J connectivity index is 2.12. The molecule has 0 aromatic heterocycles. The van der Waals surface area contributed by atoms with Crippen molar-refractivity contribution >= 4 is 16.8 Å². The van der Waals surface area contributed by atoms with Crippen LogP contribution in [0.25, 0.3) is 0 Å². The summed E-state index contributed by atoms with van der Waals surface area (Å²) in [4.78, 5) is 0. The van der Waals surface area contributed by atoms with Gasteiger partial charge in [-0.1, -0.05) is 32.4 Å². The maximum Gasteiger partial charge on any atom is 0.103 e. The number of hydrogen-bond acceptors (Lipinski definition) is 1. The van der Waals surface area contributed by atoms with Crippen molar-refractivity contribution in [1.29, 1.82) is 5.41 Å². The van der Waals surface area contributed by atoms with E-state index in [1.807, 2.05) is 0 Å². The van der Waals surface area contributed by atoms with Crippen LogP contribution in [0.4, 0.5) is 0 Å². The molecule has 3 unspecified atom stereocenters. The summed E-state index contributed by atoms with van der Waals surface area (Å²) in [6.45, 7) is 6.85. The van der Waals surface area contributed by atoms with Gasteiger partial charge in [-0.15, -0.1) is 0 Å². The summed E-state index contributed by atoms with van der Waals surface area (Å²) in [7, 11) is 0. The van der Waals surface area contributed by atoms with Gasteiger partial charge in [0.25, 0.3) is 0 Å². The lowest BCUT2D eigenvalue weighted by Crippen LogP contribution is -2.27. The van der Waals surface area contributed by atoms with Gasteiger partial charge in [0.15, 0.2) is 0 Å². The van der Waals surface area contributed by atoms with Crippen molar-refractivity contribution in [3.05, 3.63) is 0 Å². The van der Waals surface area contributed by atoms with Gasteiger partial charge in [0, 0.05) is 5.41 Å². The van der Waals surface area contributed by atoms with Crippen molar-refractivity contribution in [1.82, 2.24) is 0 Å². The van der Waals surface area contributed by atoms with Gasteiger partial charge in [0.1, 0.15) is 5.17 Å². The van der Waals surface area contributed by atoms with Gasteiger partial charge in [0.2, 0.25) is 0 Å². The molecule has 0 aromatic rings. The Morgan fingerprint density at radius 2 is 1.92 bits per heavy atom. The molecule has 1 N–H and O–H groups in total. The molecule has 2 aliphatic rings. The molecule has 2 heteroatoms. The fourth-order valence-corrected chi connectivity index (χ4v) is 3.27. The second-order valence-electron chi connectivity index (χ2n) is 5.65. The third kappa shape index (κ3) is 1.24. The standard InChI is InChI=1S/C11H18ClN/c1-10(2)7-4-5-11(3,9(12)13)6-8(7)10/h7-8,13H,4-6H2,1-3H3. The van der Waals surface area contributed by atoms with E-state index in [-0.39, 0.29) is 5.41 Å². The molecule has 0 radical (unpaired) electrons. The molecule has 1 nitrogen and oxygen atoms in total. The first-order chi connectivity index (χ1) is 5.88. The summed E-state index contributed by atoms with van der Waals surface area (Å²) in [5.74, 6) is 1.74. The SMILES string of the molecule is CC1(C(=N)Cl)CCC2C(C1)C2(C)C. The summed E-state index contributed by atoms with van der Waals surface area (Å²) in [6, 6.07) is 0. The van der Waals surface area contributed by atoms with Crippen molar-refractivity contribution in [2.24, 2.45) is 22.7 Å². The smallest absolute Gasteiger partial charge is 0.103 e. The van der Waals surface area contributed by atoms with Crippen LogP contribution < -0.4 is 0 Å². The summed E-state index contributed by atoms with van der Waals surface area (Å²) in [5.41, 5.74) is 0.528. The van der Waals surface area contributed by atoms with Gasteiger partial charge in [-0.3, -0.25) is 5.41 Å². The first kappa shape index (κ1) is 9.51. The van der Waals surface area contributed by atoms with Crippen molar-refractivity contribution in [3.8, 4) is 0 Å². The average Bonchev–Trinajstić information content (AvgIpc) is 2.53. The van der Waals surface area contributed by atoms with Crippen LogP contribution in [-0.4, -0.2) is 5.17 Å². The summed E-state index contributed by atoms with van der Waals surface area (Å²) in [6.07, 6.45) is 3.51. The molecule has 2 fully saturated rings. The minimum Gasteiger partial charge on any atom is -0.293 e. The van der Waals surface area contributed by atoms with Crippen LogP contribution >= 0.6 is 11.6 Å². The highest BCUT2D eigenvalue weighted by Crippen LogP contribution is 2.68. The molecule has 0 aliphatic heterocycles. The summed E-state index contributed by atoms with van der Waals surface area (Å²) >= 11 is 5.86. The number of nitrogens with one attached hydrogen (secondary N) is 1. The van der Waals surface area contributed by atoms with Crippen LogP contribution in [0.3, 0.4) is 0 Å². The zero-order chi connectivity index (χ0) is 9.85. The normalized spacial score (nSPS) is 46.8. The van der Waals surface area contributed by atoms with E-state index in [0.717, 1.165) is 24.7 Å². The Kier molecular flexibility index (Phi) is 1.83. The Hall–Kier alpha value is -0.0400. The number of hydrogen-bond donors (Lipinski definition) is 1. The number of fused-ring (bicyclic) bond motifs is 1. The second kappa shape index (κ2) is 2.50. The zero-order valence-corrected chi connectivity index (χ0v) is 9.41. The lowest BCUT2D eigenvalue weighted by atomic mass is 9.76.